The fraction of sp³-hybridized carbons (Fsp3) is 0.438. The zero-order chi connectivity index (χ0) is 19.0. The van der Waals surface area contributed by atoms with Gasteiger partial charge >= 0.3 is 16.2 Å². The van der Waals surface area contributed by atoms with E-state index < -0.39 is 27.6 Å². The molecule has 0 amide bonds. The van der Waals surface area contributed by atoms with Gasteiger partial charge in [0.05, 0.1) is 12.1 Å². The molecule has 9 heteroatoms. The lowest BCUT2D eigenvalue weighted by molar-refractivity contribution is -0.159. The molecule has 3 N–H and O–H groups in total. The Kier molecular flexibility index (Phi) is 4.90. The van der Waals surface area contributed by atoms with E-state index in [4.69, 9.17) is 4.74 Å². The summed E-state index contributed by atoms with van der Waals surface area (Å²) in [6, 6.07) is 4.39. The molecule has 0 saturated heterocycles. The van der Waals surface area contributed by atoms with Crippen LogP contribution in [0.5, 0.6) is 5.75 Å². The van der Waals surface area contributed by atoms with Crippen LogP contribution in [0, 0.1) is 5.92 Å². The van der Waals surface area contributed by atoms with E-state index in [2.05, 4.69) is 0 Å². The maximum absolute atomic E-state index is 12.0. The van der Waals surface area contributed by atoms with Crippen molar-refractivity contribution in [3.05, 3.63) is 35.8 Å². The highest BCUT2D eigenvalue weighted by atomic mass is 32.2. The van der Waals surface area contributed by atoms with Gasteiger partial charge in [-0.25, -0.2) is 9.03 Å². The second-order valence-electron chi connectivity index (χ2n) is 6.88. The molecule has 1 aromatic carbocycles. The lowest BCUT2D eigenvalue weighted by Crippen LogP contribution is -2.29. The van der Waals surface area contributed by atoms with Crippen LogP contribution in [0.15, 0.2) is 30.3 Å². The molecule has 1 unspecified atom stereocenters. The minimum absolute atomic E-state index is 0.00905. The van der Waals surface area contributed by atoms with Crippen LogP contribution < -0.4 is 9.03 Å². The number of esters is 1. The van der Waals surface area contributed by atoms with Crippen LogP contribution in [-0.4, -0.2) is 30.2 Å². The second kappa shape index (κ2) is 6.47. The third kappa shape index (κ3) is 4.56. The van der Waals surface area contributed by atoms with Crippen molar-refractivity contribution in [2.24, 2.45) is 5.92 Å². The summed E-state index contributed by atoms with van der Waals surface area (Å²) >= 11 is 0. The predicted octanol–water partition coefficient (Wildman–Crippen LogP) is 1.92. The van der Waals surface area contributed by atoms with Crippen molar-refractivity contribution >= 4 is 21.9 Å². The maximum Gasteiger partial charge on any atom is 0.330 e. The first-order valence-electron chi connectivity index (χ1n) is 7.67. The number of carbonyl (C=O) groups is 1. The Morgan fingerprint density at radius 1 is 1.32 bits per heavy atom. The third-order valence-corrected chi connectivity index (χ3v) is 4.65. The molecule has 1 aromatic rings. The molecule has 2 rings (SSSR count). The number of phenolic OH excluding ortho intramolecular Hbond substituents is 1. The Balaban J connectivity index is 2.16. The van der Waals surface area contributed by atoms with E-state index in [0.29, 0.717) is 12.0 Å². The summed E-state index contributed by atoms with van der Waals surface area (Å²) in [5, 5.41) is 19.5. The Bertz CT molecular complexity index is 810. The van der Waals surface area contributed by atoms with E-state index in [1.54, 1.807) is 33.8 Å². The second-order valence-corrected chi connectivity index (χ2v) is 8.43. The molecule has 0 aliphatic carbocycles. The van der Waals surface area contributed by atoms with E-state index in [0.717, 1.165) is 10.5 Å². The van der Waals surface area contributed by atoms with Crippen LogP contribution in [0.25, 0.3) is 0 Å². The lowest BCUT2D eigenvalue weighted by Gasteiger charge is -2.22. The van der Waals surface area contributed by atoms with Gasteiger partial charge in [-0.2, -0.15) is 8.42 Å². The first-order chi connectivity index (χ1) is 11.4. The highest BCUT2D eigenvalue weighted by Crippen LogP contribution is 2.33. The topological polar surface area (TPSA) is 116 Å². The van der Waals surface area contributed by atoms with Gasteiger partial charge in [0.15, 0.2) is 0 Å². The molecular weight excluding hydrogens is 348 g/mol. The summed E-state index contributed by atoms with van der Waals surface area (Å²) in [6.45, 7) is 7.07. The average molecular weight is 370 g/mol. The minimum Gasteiger partial charge on any atom is -0.506 e. The van der Waals surface area contributed by atoms with E-state index in [1.165, 1.54) is 12.1 Å². The van der Waals surface area contributed by atoms with E-state index >= 15 is 0 Å². The van der Waals surface area contributed by atoms with Gasteiger partial charge in [0.1, 0.15) is 17.0 Å². The monoisotopic (exact) mass is 370 g/mol. The fourth-order valence-corrected chi connectivity index (χ4v) is 3.38. The number of rotatable bonds is 4. The summed E-state index contributed by atoms with van der Waals surface area (Å²) in [6.07, 6.45) is 1.28. The van der Waals surface area contributed by atoms with Crippen LogP contribution in [0.4, 0.5) is 5.69 Å². The number of anilines is 1. The lowest BCUT2D eigenvalue weighted by atomic mass is 10.0. The number of aliphatic hydroxyl groups excluding tert-OH is 1. The van der Waals surface area contributed by atoms with Gasteiger partial charge in [-0.15, -0.1) is 0 Å². The predicted molar refractivity (Wildman–Crippen MR) is 92.1 cm³/mol. The molecule has 0 radical (unpaired) electrons. The molecule has 1 heterocycles. The Morgan fingerprint density at radius 2 is 1.96 bits per heavy atom. The molecule has 138 valence electrons. The van der Waals surface area contributed by atoms with Crippen molar-refractivity contribution < 1.29 is 28.2 Å². The number of benzene rings is 1. The highest BCUT2D eigenvalue weighted by Gasteiger charge is 2.30. The molecule has 1 aliphatic heterocycles. The van der Waals surface area contributed by atoms with Crippen LogP contribution >= 0.6 is 0 Å². The van der Waals surface area contributed by atoms with Crippen LogP contribution in [0.1, 0.15) is 33.3 Å². The van der Waals surface area contributed by atoms with Crippen molar-refractivity contribution in [3.8, 4) is 5.75 Å². The first-order valence-corrected chi connectivity index (χ1v) is 9.11. The van der Waals surface area contributed by atoms with Crippen molar-refractivity contribution in [2.75, 3.05) is 4.31 Å². The number of hydrogen-bond donors (Lipinski definition) is 3. The Morgan fingerprint density at radius 3 is 2.44 bits per heavy atom. The maximum atomic E-state index is 12.0. The third-order valence-electron chi connectivity index (χ3n) is 3.36. The number of hydrogen-bond acceptors (Lipinski definition) is 6. The number of aromatic hydroxyl groups is 1. The normalized spacial score (nSPS) is 17.6. The summed E-state index contributed by atoms with van der Waals surface area (Å²) in [5.74, 6) is -1.60. The standard InChI is InChI=1S/C16H22N2O6S/c1-10(15(21)24-16(2,3)4)7-11-5-6-12(13(19)8-11)18-9-14(20)17-25(18,22)23/h5-6,8-10,17,19-20H,7H2,1-4H3. The van der Waals surface area contributed by atoms with Gasteiger partial charge in [0.25, 0.3) is 0 Å². The van der Waals surface area contributed by atoms with Gasteiger partial charge in [-0.05, 0) is 44.9 Å². The molecule has 1 aliphatic rings. The van der Waals surface area contributed by atoms with Gasteiger partial charge in [-0.1, -0.05) is 13.0 Å². The Labute approximate surface area is 146 Å². The number of nitrogens with zero attached hydrogens (tertiary/aromatic N) is 1. The van der Waals surface area contributed by atoms with Crippen LogP contribution in [0.3, 0.4) is 0 Å². The molecule has 0 fully saturated rings. The quantitative estimate of drug-likeness (QED) is 0.697. The molecule has 8 nitrogen and oxygen atoms in total. The zero-order valence-electron chi connectivity index (χ0n) is 14.5. The van der Waals surface area contributed by atoms with Gasteiger partial charge in [0, 0.05) is 0 Å². The van der Waals surface area contributed by atoms with Crippen molar-refractivity contribution in [3.63, 3.8) is 0 Å². The van der Waals surface area contributed by atoms with E-state index in [9.17, 15) is 23.4 Å². The summed E-state index contributed by atoms with van der Waals surface area (Å²) < 4.78 is 31.6. The number of phenols is 1. The minimum atomic E-state index is -3.97. The van der Waals surface area contributed by atoms with Gasteiger partial charge in [-0.3, -0.25) is 4.79 Å². The molecule has 0 bridgehead atoms. The van der Waals surface area contributed by atoms with Crippen molar-refractivity contribution in [1.82, 2.24) is 4.72 Å². The van der Waals surface area contributed by atoms with Crippen molar-refractivity contribution in [1.29, 1.82) is 0 Å². The molecule has 1 atom stereocenters. The highest BCUT2D eigenvalue weighted by molar-refractivity contribution is 7.91. The molecule has 0 saturated carbocycles. The molecule has 0 aromatic heterocycles. The van der Waals surface area contributed by atoms with Gasteiger partial charge < -0.3 is 14.9 Å². The molecular formula is C16H22N2O6S. The first kappa shape index (κ1) is 18.9. The van der Waals surface area contributed by atoms with Crippen LogP contribution in [-0.2, 0) is 26.2 Å². The number of nitrogens with one attached hydrogen (secondary N) is 1. The Hall–Kier alpha value is -2.42. The summed E-state index contributed by atoms with van der Waals surface area (Å²) in [4.78, 5) is 12.0. The van der Waals surface area contributed by atoms with Crippen molar-refractivity contribution in [2.45, 2.75) is 39.7 Å². The molecule has 25 heavy (non-hydrogen) atoms. The summed E-state index contributed by atoms with van der Waals surface area (Å²) in [5.41, 5.74) is 0.0607. The SMILES string of the molecule is CC(Cc1ccc(N2C=C(O)NS2(=O)=O)c(O)c1)C(=O)OC(C)(C)C. The van der Waals surface area contributed by atoms with Crippen LogP contribution in [0.2, 0.25) is 0 Å². The smallest absolute Gasteiger partial charge is 0.330 e. The number of carbonyl (C=O) groups excluding carboxylic acids is 1. The number of aliphatic hydroxyl groups is 1. The van der Waals surface area contributed by atoms with Gasteiger partial charge in [0.2, 0.25) is 5.88 Å². The average Bonchev–Trinajstić information content (AvgIpc) is 2.69. The summed E-state index contributed by atoms with van der Waals surface area (Å²) in [7, 11) is -3.97. The van der Waals surface area contributed by atoms with E-state index in [1.807, 2.05) is 4.72 Å². The number of ether oxygens (including phenoxy) is 1. The largest absolute Gasteiger partial charge is 0.506 e. The van der Waals surface area contributed by atoms with E-state index in [-0.39, 0.29) is 17.4 Å². The molecule has 0 spiro atoms. The fourth-order valence-electron chi connectivity index (χ4n) is 2.31. The zero-order valence-corrected chi connectivity index (χ0v) is 15.3.